The first kappa shape index (κ1) is 12.1. The molecule has 0 saturated carbocycles. The van der Waals surface area contributed by atoms with Crippen LogP contribution in [0.5, 0.6) is 5.75 Å². The van der Waals surface area contributed by atoms with Gasteiger partial charge in [-0.25, -0.2) is 0 Å². The molecule has 0 amide bonds. The fourth-order valence-corrected chi connectivity index (χ4v) is 2.04. The fraction of sp³-hybridized carbons (Fsp3) is 0.250. The van der Waals surface area contributed by atoms with Crippen molar-refractivity contribution in [2.45, 2.75) is 6.10 Å². The summed E-state index contributed by atoms with van der Waals surface area (Å²) in [7, 11) is 3.40. The lowest BCUT2D eigenvalue weighted by Gasteiger charge is -2.13. The van der Waals surface area contributed by atoms with Gasteiger partial charge in [0.05, 0.1) is 12.8 Å². The van der Waals surface area contributed by atoms with Gasteiger partial charge in [0.15, 0.2) is 0 Å². The maximum atomic E-state index is 10.3. The lowest BCUT2D eigenvalue weighted by atomic mass is 10.1. The molecule has 4 nitrogen and oxygen atoms in total. The minimum absolute atomic E-state index is 0.601. The van der Waals surface area contributed by atoms with E-state index in [1.807, 2.05) is 25.2 Å². The van der Waals surface area contributed by atoms with Gasteiger partial charge in [-0.2, -0.15) is 5.10 Å². The van der Waals surface area contributed by atoms with Crippen LogP contribution in [0, 0.1) is 0 Å². The number of hydrogen-bond acceptors (Lipinski definition) is 3. The third kappa shape index (κ3) is 2.50. The minimum Gasteiger partial charge on any atom is -0.496 e. The zero-order chi connectivity index (χ0) is 12.4. The van der Waals surface area contributed by atoms with E-state index in [1.165, 1.54) is 0 Å². The van der Waals surface area contributed by atoms with Crippen LogP contribution in [0.2, 0.25) is 0 Å². The van der Waals surface area contributed by atoms with Crippen LogP contribution in [-0.2, 0) is 7.05 Å². The number of benzene rings is 1. The van der Waals surface area contributed by atoms with Crippen LogP contribution in [0.3, 0.4) is 0 Å². The van der Waals surface area contributed by atoms with Crippen LogP contribution in [0.1, 0.15) is 17.4 Å². The number of nitrogens with zero attached hydrogens (tertiary/aromatic N) is 2. The van der Waals surface area contributed by atoms with Gasteiger partial charge in [0.25, 0.3) is 0 Å². The molecule has 90 valence electrons. The predicted octanol–water partition coefficient (Wildman–Crippen LogP) is 2.27. The summed E-state index contributed by atoms with van der Waals surface area (Å²) >= 11 is 3.38. The summed E-state index contributed by atoms with van der Waals surface area (Å²) in [5.41, 5.74) is 1.30. The number of halogens is 1. The van der Waals surface area contributed by atoms with Crippen LogP contribution < -0.4 is 4.74 Å². The number of aromatic nitrogens is 2. The van der Waals surface area contributed by atoms with Gasteiger partial charge < -0.3 is 9.84 Å². The Morgan fingerprint density at radius 1 is 1.41 bits per heavy atom. The number of ether oxygens (including phenoxy) is 1. The van der Waals surface area contributed by atoms with E-state index in [-0.39, 0.29) is 0 Å². The zero-order valence-corrected chi connectivity index (χ0v) is 11.2. The molecular weight excluding hydrogens is 284 g/mol. The Bertz CT molecular complexity index is 525. The highest BCUT2D eigenvalue weighted by Crippen LogP contribution is 2.31. The third-order valence-corrected chi connectivity index (χ3v) is 2.99. The van der Waals surface area contributed by atoms with Gasteiger partial charge in [-0.3, -0.25) is 4.68 Å². The first-order valence-electron chi connectivity index (χ1n) is 5.13. The molecule has 2 rings (SSSR count). The summed E-state index contributed by atoms with van der Waals surface area (Å²) in [5.74, 6) is 0.645. The quantitative estimate of drug-likeness (QED) is 0.945. The Balaban J connectivity index is 2.42. The molecule has 0 bridgehead atoms. The Labute approximate surface area is 108 Å². The Hall–Kier alpha value is -1.33. The molecule has 5 heteroatoms. The number of methoxy groups -OCH3 is 1. The Morgan fingerprint density at radius 3 is 2.76 bits per heavy atom. The molecule has 1 aromatic heterocycles. The van der Waals surface area contributed by atoms with Crippen LogP contribution in [0.25, 0.3) is 0 Å². The first-order chi connectivity index (χ1) is 8.11. The highest BCUT2D eigenvalue weighted by molar-refractivity contribution is 9.10. The van der Waals surface area contributed by atoms with E-state index < -0.39 is 6.10 Å². The van der Waals surface area contributed by atoms with E-state index in [9.17, 15) is 5.11 Å². The normalized spacial score (nSPS) is 12.5. The topological polar surface area (TPSA) is 47.3 Å². The van der Waals surface area contributed by atoms with Crippen LogP contribution >= 0.6 is 15.9 Å². The summed E-state index contributed by atoms with van der Waals surface area (Å²) in [4.78, 5) is 0. The molecule has 0 aliphatic heterocycles. The van der Waals surface area contributed by atoms with Gasteiger partial charge in [0, 0.05) is 23.3 Å². The van der Waals surface area contributed by atoms with Crippen molar-refractivity contribution in [3.8, 4) is 5.75 Å². The summed E-state index contributed by atoms with van der Waals surface area (Å²) in [5, 5.41) is 14.5. The molecule has 0 fully saturated rings. The van der Waals surface area contributed by atoms with Crippen molar-refractivity contribution in [2.24, 2.45) is 7.05 Å². The smallest absolute Gasteiger partial charge is 0.126 e. The number of aryl methyl sites for hydroxylation is 1. The molecule has 1 N–H and O–H groups in total. The van der Waals surface area contributed by atoms with Gasteiger partial charge in [-0.05, 0) is 24.3 Å². The average molecular weight is 297 g/mol. The third-order valence-electron chi connectivity index (χ3n) is 2.50. The molecule has 0 aliphatic rings. The van der Waals surface area contributed by atoms with Crippen LogP contribution in [0.4, 0.5) is 0 Å². The van der Waals surface area contributed by atoms with E-state index in [4.69, 9.17) is 4.74 Å². The molecule has 1 atom stereocenters. The molecule has 0 spiro atoms. The molecular formula is C12H13BrN2O2. The van der Waals surface area contributed by atoms with E-state index in [0.717, 1.165) is 4.47 Å². The molecule has 1 heterocycles. The van der Waals surface area contributed by atoms with E-state index in [1.54, 1.807) is 24.1 Å². The number of hydrogen-bond donors (Lipinski definition) is 1. The number of aliphatic hydroxyl groups excluding tert-OH is 1. The van der Waals surface area contributed by atoms with Crippen molar-refractivity contribution in [3.63, 3.8) is 0 Å². The minimum atomic E-state index is -0.788. The first-order valence-corrected chi connectivity index (χ1v) is 5.92. The highest BCUT2D eigenvalue weighted by atomic mass is 79.9. The second-order valence-electron chi connectivity index (χ2n) is 3.70. The predicted molar refractivity (Wildman–Crippen MR) is 68.0 cm³/mol. The number of aliphatic hydroxyl groups is 1. The van der Waals surface area contributed by atoms with Gasteiger partial charge in [-0.1, -0.05) is 15.9 Å². The van der Waals surface area contributed by atoms with Crippen molar-refractivity contribution >= 4 is 15.9 Å². The van der Waals surface area contributed by atoms with Crippen LogP contribution in [0.15, 0.2) is 34.9 Å². The van der Waals surface area contributed by atoms with Crippen molar-refractivity contribution in [3.05, 3.63) is 46.2 Å². The lowest BCUT2D eigenvalue weighted by Crippen LogP contribution is -2.04. The molecule has 2 aromatic rings. The zero-order valence-electron chi connectivity index (χ0n) is 9.59. The van der Waals surface area contributed by atoms with Crippen molar-refractivity contribution in [1.29, 1.82) is 0 Å². The monoisotopic (exact) mass is 296 g/mol. The van der Waals surface area contributed by atoms with Gasteiger partial charge in [0.2, 0.25) is 0 Å². The molecule has 0 aliphatic carbocycles. The maximum Gasteiger partial charge on any atom is 0.126 e. The van der Waals surface area contributed by atoms with Crippen molar-refractivity contribution < 1.29 is 9.84 Å². The molecule has 17 heavy (non-hydrogen) atoms. The molecule has 1 unspecified atom stereocenters. The number of rotatable bonds is 3. The SMILES string of the molecule is COc1ccc(Br)cc1C(O)c1ccn(C)n1. The Morgan fingerprint density at radius 2 is 2.18 bits per heavy atom. The maximum absolute atomic E-state index is 10.3. The second kappa shape index (κ2) is 4.89. The van der Waals surface area contributed by atoms with Gasteiger partial charge in [0.1, 0.15) is 11.9 Å². The fourth-order valence-electron chi connectivity index (χ4n) is 1.66. The molecule has 0 saturated heterocycles. The molecule has 0 radical (unpaired) electrons. The molecule has 1 aromatic carbocycles. The summed E-state index contributed by atoms with van der Waals surface area (Å²) in [6.07, 6.45) is 1.01. The van der Waals surface area contributed by atoms with Gasteiger partial charge in [-0.15, -0.1) is 0 Å². The summed E-state index contributed by atoms with van der Waals surface area (Å²) < 4.78 is 7.78. The van der Waals surface area contributed by atoms with Crippen molar-refractivity contribution in [1.82, 2.24) is 9.78 Å². The van der Waals surface area contributed by atoms with Crippen LogP contribution in [-0.4, -0.2) is 22.0 Å². The van der Waals surface area contributed by atoms with Crippen molar-refractivity contribution in [2.75, 3.05) is 7.11 Å². The standard InChI is InChI=1S/C12H13BrN2O2/c1-15-6-5-10(14-15)12(16)9-7-8(13)3-4-11(9)17-2/h3-7,12,16H,1-2H3. The average Bonchev–Trinajstić information content (AvgIpc) is 2.75. The van der Waals surface area contributed by atoms with E-state index in [2.05, 4.69) is 21.0 Å². The van der Waals surface area contributed by atoms with Gasteiger partial charge >= 0.3 is 0 Å². The largest absolute Gasteiger partial charge is 0.496 e. The lowest BCUT2D eigenvalue weighted by molar-refractivity contribution is 0.209. The summed E-state index contributed by atoms with van der Waals surface area (Å²) in [6.45, 7) is 0. The van der Waals surface area contributed by atoms with E-state index in [0.29, 0.717) is 17.0 Å². The Kier molecular flexibility index (Phi) is 3.49. The second-order valence-corrected chi connectivity index (χ2v) is 4.62. The summed E-state index contributed by atoms with van der Waals surface area (Å²) in [6, 6.07) is 7.29. The highest BCUT2D eigenvalue weighted by Gasteiger charge is 2.17. The van der Waals surface area contributed by atoms with E-state index >= 15 is 0 Å².